The molecule has 1 heterocycles. The normalized spacial score (nSPS) is 25.0. The molecule has 2 rings (SSSR count). The van der Waals surface area contributed by atoms with Crippen LogP contribution in [0.2, 0.25) is 0 Å². The van der Waals surface area contributed by atoms with Crippen molar-refractivity contribution >= 4 is 12.0 Å². The van der Waals surface area contributed by atoms with Crippen LogP contribution in [0.1, 0.15) is 52.4 Å². The second-order valence-electron chi connectivity index (χ2n) is 7.04. The van der Waals surface area contributed by atoms with Crippen LogP contribution in [0.3, 0.4) is 0 Å². The number of amides is 2. The van der Waals surface area contributed by atoms with Crippen LogP contribution in [0.25, 0.3) is 0 Å². The van der Waals surface area contributed by atoms with Gasteiger partial charge < -0.3 is 20.5 Å². The highest BCUT2D eigenvalue weighted by atomic mass is 16.5. The Bertz CT molecular complexity index is 392. The molecule has 6 nitrogen and oxygen atoms in total. The minimum Gasteiger partial charge on any atom is -0.480 e. The smallest absolute Gasteiger partial charge is 0.329 e. The second-order valence-corrected chi connectivity index (χ2v) is 7.04. The third-order valence-electron chi connectivity index (χ3n) is 4.78. The molecular formula is C15H26N2O4. The van der Waals surface area contributed by atoms with Gasteiger partial charge in [0.25, 0.3) is 0 Å². The Morgan fingerprint density at radius 3 is 2.19 bits per heavy atom. The molecule has 0 unspecified atom stereocenters. The summed E-state index contributed by atoms with van der Waals surface area (Å²) in [7, 11) is 0. The number of urea groups is 1. The van der Waals surface area contributed by atoms with E-state index in [4.69, 9.17) is 4.74 Å². The molecule has 0 atom stereocenters. The van der Waals surface area contributed by atoms with Gasteiger partial charge in [0, 0.05) is 32.1 Å². The fourth-order valence-electron chi connectivity index (χ4n) is 3.09. The van der Waals surface area contributed by atoms with Crippen molar-refractivity contribution in [1.82, 2.24) is 10.6 Å². The van der Waals surface area contributed by atoms with E-state index in [-0.39, 0.29) is 12.1 Å². The molecule has 2 amide bonds. The van der Waals surface area contributed by atoms with Gasteiger partial charge in [-0.25, -0.2) is 9.59 Å². The van der Waals surface area contributed by atoms with Gasteiger partial charge in [-0.3, -0.25) is 0 Å². The highest BCUT2D eigenvalue weighted by molar-refractivity contribution is 5.86. The van der Waals surface area contributed by atoms with Crippen molar-refractivity contribution < 1.29 is 19.4 Å². The Morgan fingerprint density at radius 2 is 1.67 bits per heavy atom. The maximum Gasteiger partial charge on any atom is 0.329 e. The maximum absolute atomic E-state index is 12.1. The van der Waals surface area contributed by atoms with Gasteiger partial charge in [0.05, 0.1) is 0 Å². The van der Waals surface area contributed by atoms with Crippen molar-refractivity contribution in [2.24, 2.45) is 5.41 Å². The minimum absolute atomic E-state index is 0.142. The monoisotopic (exact) mass is 298 g/mol. The molecule has 0 aromatic heterocycles. The standard InChI is InChI=1S/C15H26N2O4/c1-14(2)5-3-11(4-6-14)16-13(20)17-15(12(18)19)7-9-21-10-8-15/h11H,3-10H2,1-2H3,(H,18,19)(H2,16,17,20). The summed E-state index contributed by atoms with van der Waals surface area (Å²) in [5, 5.41) is 15.0. The number of aliphatic carboxylic acids is 1. The number of hydrogen-bond acceptors (Lipinski definition) is 3. The largest absolute Gasteiger partial charge is 0.480 e. The van der Waals surface area contributed by atoms with Crippen LogP contribution in [0.4, 0.5) is 4.79 Å². The van der Waals surface area contributed by atoms with Crippen LogP contribution >= 0.6 is 0 Å². The van der Waals surface area contributed by atoms with Gasteiger partial charge in [0.2, 0.25) is 0 Å². The van der Waals surface area contributed by atoms with Gasteiger partial charge in [-0.1, -0.05) is 13.8 Å². The summed E-state index contributed by atoms with van der Waals surface area (Å²) in [5.74, 6) is -0.981. The number of ether oxygens (including phenoxy) is 1. The fourth-order valence-corrected chi connectivity index (χ4v) is 3.09. The lowest BCUT2D eigenvalue weighted by Gasteiger charge is -2.37. The van der Waals surface area contributed by atoms with Crippen LogP contribution in [-0.2, 0) is 9.53 Å². The predicted octanol–water partition coefficient (Wildman–Crippen LogP) is 1.89. The number of carbonyl (C=O) groups is 2. The quantitative estimate of drug-likeness (QED) is 0.742. The lowest BCUT2D eigenvalue weighted by molar-refractivity contribution is -0.148. The summed E-state index contributed by atoms with van der Waals surface area (Å²) in [6, 6.07) is -0.229. The Balaban J connectivity index is 1.87. The van der Waals surface area contributed by atoms with E-state index >= 15 is 0 Å². The molecule has 1 aliphatic heterocycles. The van der Waals surface area contributed by atoms with Crippen molar-refractivity contribution in [1.29, 1.82) is 0 Å². The zero-order valence-corrected chi connectivity index (χ0v) is 12.9. The Morgan fingerprint density at radius 1 is 1.10 bits per heavy atom. The molecule has 1 aliphatic carbocycles. The van der Waals surface area contributed by atoms with Gasteiger partial charge in [-0.15, -0.1) is 0 Å². The molecule has 6 heteroatoms. The van der Waals surface area contributed by atoms with E-state index in [0.29, 0.717) is 31.5 Å². The molecule has 0 aromatic carbocycles. The van der Waals surface area contributed by atoms with E-state index in [1.54, 1.807) is 0 Å². The second kappa shape index (κ2) is 6.22. The Labute approximate surface area is 125 Å². The average molecular weight is 298 g/mol. The number of carboxylic acid groups (broad SMARTS) is 1. The third-order valence-corrected chi connectivity index (χ3v) is 4.78. The molecule has 1 saturated heterocycles. The van der Waals surface area contributed by atoms with E-state index in [1.807, 2.05) is 0 Å². The van der Waals surface area contributed by atoms with Crippen LogP contribution in [0.5, 0.6) is 0 Å². The number of rotatable bonds is 3. The van der Waals surface area contributed by atoms with Crippen LogP contribution in [-0.4, -0.2) is 41.9 Å². The molecule has 3 N–H and O–H groups in total. The first-order valence-corrected chi connectivity index (χ1v) is 7.73. The molecule has 0 radical (unpaired) electrons. The first kappa shape index (κ1) is 16.1. The SMILES string of the molecule is CC1(C)CCC(NC(=O)NC2(C(=O)O)CCOCC2)CC1. The zero-order chi connectivity index (χ0) is 15.5. The molecule has 0 spiro atoms. The number of carbonyl (C=O) groups excluding carboxylic acids is 1. The number of nitrogens with one attached hydrogen (secondary N) is 2. The van der Waals surface area contributed by atoms with Crippen molar-refractivity contribution in [2.45, 2.75) is 64.0 Å². The predicted molar refractivity (Wildman–Crippen MR) is 78.1 cm³/mol. The summed E-state index contributed by atoms with van der Waals surface area (Å²) in [6.07, 6.45) is 4.68. The van der Waals surface area contributed by atoms with Crippen LogP contribution in [0.15, 0.2) is 0 Å². The lowest BCUT2D eigenvalue weighted by Crippen LogP contribution is -2.60. The Kier molecular flexibility index (Phi) is 4.76. The van der Waals surface area contributed by atoms with Crippen LogP contribution in [0, 0.1) is 5.41 Å². The van der Waals surface area contributed by atoms with Gasteiger partial charge in [0.1, 0.15) is 5.54 Å². The molecule has 0 bridgehead atoms. The van der Waals surface area contributed by atoms with E-state index in [1.165, 1.54) is 0 Å². The van der Waals surface area contributed by atoms with Gasteiger partial charge in [0.15, 0.2) is 0 Å². The van der Waals surface area contributed by atoms with Crippen molar-refractivity contribution in [3.05, 3.63) is 0 Å². The first-order valence-electron chi connectivity index (χ1n) is 7.73. The molecule has 0 aromatic rings. The highest BCUT2D eigenvalue weighted by Crippen LogP contribution is 2.35. The van der Waals surface area contributed by atoms with Gasteiger partial charge in [-0.05, 0) is 31.1 Å². The zero-order valence-electron chi connectivity index (χ0n) is 12.9. The van der Waals surface area contributed by atoms with E-state index in [9.17, 15) is 14.7 Å². The van der Waals surface area contributed by atoms with Gasteiger partial charge in [-0.2, -0.15) is 0 Å². The molecule has 2 aliphatic rings. The summed E-state index contributed by atoms with van der Waals surface area (Å²) in [4.78, 5) is 23.6. The number of hydrogen-bond donors (Lipinski definition) is 3. The summed E-state index contributed by atoms with van der Waals surface area (Å²) < 4.78 is 5.19. The van der Waals surface area contributed by atoms with E-state index in [0.717, 1.165) is 25.7 Å². The van der Waals surface area contributed by atoms with Crippen molar-refractivity contribution in [3.8, 4) is 0 Å². The molecule has 120 valence electrons. The molecular weight excluding hydrogens is 272 g/mol. The van der Waals surface area contributed by atoms with Crippen LogP contribution < -0.4 is 10.6 Å². The lowest BCUT2D eigenvalue weighted by atomic mass is 9.75. The summed E-state index contributed by atoms with van der Waals surface area (Å²) >= 11 is 0. The third kappa shape index (κ3) is 4.09. The summed E-state index contributed by atoms with van der Waals surface area (Å²) in [5.41, 5.74) is -0.839. The van der Waals surface area contributed by atoms with Crippen molar-refractivity contribution in [3.63, 3.8) is 0 Å². The number of carboxylic acids is 1. The van der Waals surface area contributed by atoms with Gasteiger partial charge >= 0.3 is 12.0 Å². The fraction of sp³-hybridized carbons (Fsp3) is 0.867. The molecule has 1 saturated carbocycles. The van der Waals surface area contributed by atoms with E-state index in [2.05, 4.69) is 24.5 Å². The highest BCUT2D eigenvalue weighted by Gasteiger charge is 2.42. The minimum atomic E-state index is -1.18. The molecule has 2 fully saturated rings. The maximum atomic E-state index is 12.1. The average Bonchev–Trinajstić information content (AvgIpc) is 2.42. The topological polar surface area (TPSA) is 87.7 Å². The molecule has 21 heavy (non-hydrogen) atoms. The van der Waals surface area contributed by atoms with E-state index < -0.39 is 11.5 Å². The van der Waals surface area contributed by atoms with Crippen molar-refractivity contribution in [2.75, 3.05) is 13.2 Å². The first-order chi connectivity index (χ1) is 9.83. The Hall–Kier alpha value is -1.30. The summed E-state index contributed by atoms with van der Waals surface area (Å²) in [6.45, 7) is 5.21.